The van der Waals surface area contributed by atoms with Gasteiger partial charge in [0.15, 0.2) is 6.61 Å². The molecular weight excluding hydrogens is 446 g/mol. The number of fused-ring (bicyclic) bond motifs is 1. The number of H-pyrrole nitrogens is 1. The number of para-hydroxylation sites is 1. The minimum absolute atomic E-state index is 0.185. The zero-order valence-corrected chi connectivity index (χ0v) is 18.6. The second-order valence-electron chi connectivity index (χ2n) is 7.67. The average Bonchev–Trinajstić information content (AvgIpc) is 3.25. The first kappa shape index (κ1) is 22.8. The van der Waals surface area contributed by atoms with Gasteiger partial charge in [-0.1, -0.05) is 41.9 Å². The van der Waals surface area contributed by atoms with Gasteiger partial charge in [0.25, 0.3) is 11.8 Å². The summed E-state index contributed by atoms with van der Waals surface area (Å²) in [4.78, 5) is 43.0. The van der Waals surface area contributed by atoms with E-state index in [4.69, 9.17) is 21.1 Å². The molecule has 1 fully saturated rings. The molecule has 0 spiro atoms. The van der Waals surface area contributed by atoms with E-state index in [0.29, 0.717) is 26.3 Å². The number of nitrogens with zero attached hydrogens (tertiary/aromatic N) is 1. The Morgan fingerprint density at radius 3 is 2.61 bits per heavy atom. The fraction of sp³-hybridized carbons (Fsp3) is 0.292. The smallest absolute Gasteiger partial charge is 0.329 e. The second kappa shape index (κ2) is 10.5. The van der Waals surface area contributed by atoms with Crippen LogP contribution in [0.15, 0.2) is 54.7 Å². The molecule has 1 aliphatic heterocycles. The van der Waals surface area contributed by atoms with Crippen LogP contribution in [0, 0.1) is 0 Å². The standard InChI is InChI=1S/C24H24ClN3O5/c25-19-7-3-1-6-18(19)23(30)27-21(13-16-14-26-20-8-4-2-5-17(16)20)24(31)33-15-22(29)28-9-11-32-12-10-28/h1-8,14,21,26H,9-13,15H2,(H,27,30)/t21-/m1/s1. The van der Waals surface area contributed by atoms with Crippen LogP contribution in [0.1, 0.15) is 15.9 Å². The van der Waals surface area contributed by atoms with Gasteiger partial charge in [-0.3, -0.25) is 9.59 Å². The van der Waals surface area contributed by atoms with Crippen molar-refractivity contribution in [2.75, 3.05) is 32.9 Å². The number of hydrogen-bond acceptors (Lipinski definition) is 5. The zero-order chi connectivity index (χ0) is 23.2. The number of rotatable bonds is 7. The van der Waals surface area contributed by atoms with Crippen molar-refractivity contribution >= 4 is 40.3 Å². The quantitative estimate of drug-likeness (QED) is 0.518. The molecule has 8 nitrogen and oxygen atoms in total. The van der Waals surface area contributed by atoms with Gasteiger partial charge in [0.1, 0.15) is 6.04 Å². The number of nitrogens with one attached hydrogen (secondary N) is 2. The molecule has 0 saturated carbocycles. The summed E-state index contributed by atoms with van der Waals surface area (Å²) in [6.07, 6.45) is 1.98. The van der Waals surface area contributed by atoms with Crippen molar-refractivity contribution in [1.82, 2.24) is 15.2 Å². The lowest BCUT2D eigenvalue weighted by Crippen LogP contribution is -2.46. The summed E-state index contributed by atoms with van der Waals surface area (Å²) in [6, 6.07) is 13.2. The lowest BCUT2D eigenvalue weighted by Gasteiger charge is -2.27. The predicted octanol–water partition coefficient (Wildman–Crippen LogP) is 2.56. The maximum atomic E-state index is 13.0. The van der Waals surface area contributed by atoms with E-state index < -0.39 is 24.5 Å². The van der Waals surface area contributed by atoms with Crippen molar-refractivity contribution in [2.24, 2.45) is 0 Å². The summed E-state index contributed by atoms with van der Waals surface area (Å²) in [5.74, 6) is -1.49. The number of carbonyl (C=O) groups excluding carboxylic acids is 3. The SMILES string of the molecule is O=C(N[C@H](Cc1c[nH]c2ccccc12)C(=O)OCC(=O)N1CCOCC1)c1ccccc1Cl. The monoisotopic (exact) mass is 469 g/mol. The predicted molar refractivity (Wildman–Crippen MR) is 123 cm³/mol. The largest absolute Gasteiger partial charge is 0.454 e. The Kier molecular flexibility index (Phi) is 7.26. The van der Waals surface area contributed by atoms with Crippen LogP contribution in [0.5, 0.6) is 0 Å². The van der Waals surface area contributed by atoms with E-state index >= 15 is 0 Å². The van der Waals surface area contributed by atoms with Gasteiger partial charge in [0.2, 0.25) is 0 Å². The number of ether oxygens (including phenoxy) is 2. The normalized spacial score (nSPS) is 14.6. The van der Waals surface area contributed by atoms with Crippen molar-refractivity contribution in [3.05, 3.63) is 70.9 Å². The summed E-state index contributed by atoms with van der Waals surface area (Å²) in [5.41, 5.74) is 2.01. The summed E-state index contributed by atoms with van der Waals surface area (Å²) in [5, 5.41) is 3.93. The number of benzene rings is 2. The number of amides is 2. The van der Waals surface area contributed by atoms with Gasteiger partial charge in [-0.05, 0) is 23.8 Å². The topological polar surface area (TPSA) is 101 Å². The van der Waals surface area contributed by atoms with Gasteiger partial charge in [-0.2, -0.15) is 0 Å². The minimum Gasteiger partial charge on any atom is -0.454 e. The summed E-state index contributed by atoms with van der Waals surface area (Å²) >= 11 is 6.15. The third kappa shape index (κ3) is 5.53. The van der Waals surface area contributed by atoms with Crippen LogP contribution in [-0.4, -0.2) is 66.6 Å². The van der Waals surface area contributed by atoms with Crippen LogP contribution < -0.4 is 5.32 Å². The van der Waals surface area contributed by atoms with Crippen LogP contribution in [-0.2, 0) is 25.5 Å². The zero-order valence-electron chi connectivity index (χ0n) is 17.9. The molecule has 1 aromatic heterocycles. The van der Waals surface area contributed by atoms with E-state index in [1.54, 1.807) is 35.4 Å². The maximum Gasteiger partial charge on any atom is 0.329 e. The Hall–Kier alpha value is -3.36. The number of halogens is 1. The number of carbonyl (C=O) groups is 3. The minimum atomic E-state index is -1.01. The molecule has 2 amide bonds. The van der Waals surface area contributed by atoms with Gasteiger partial charge < -0.3 is 24.7 Å². The van der Waals surface area contributed by atoms with Crippen molar-refractivity contribution < 1.29 is 23.9 Å². The van der Waals surface area contributed by atoms with E-state index in [1.807, 2.05) is 24.3 Å². The van der Waals surface area contributed by atoms with Crippen LogP contribution in [0.25, 0.3) is 10.9 Å². The van der Waals surface area contributed by atoms with Crippen molar-refractivity contribution in [3.8, 4) is 0 Å². The van der Waals surface area contributed by atoms with Crippen LogP contribution >= 0.6 is 11.6 Å². The molecule has 2 N–H and O–H groups in total. The number of morpholine rings is 1. The third-order valence-corrected chi connectivity index (χ3v) is 5.84. The maximum absolute atomic E-state index is 13.0. The molecule has 0 radical (unpaired) electrons. The fourth-order valence-corrected chi connectivity index (χ4v) is 3.95. The van der Waals surface area contributed by atoms with Crippen LogP contribution in [0.2, 0.25) is 5.02 Å². The highest BCUT2D eigenvalue weighted by Gasteiger charge is 2.27. The molecule has 0 aliphatic carbocycles. The Labute approximate surface area is 195 Å². The fourth-order valence-electron chi connectivity index (χ4n) is 3.73. The summed E-state index contributed by atoms with van der Waals surface area (Å²) in [7, 11) is 0. The summed E-state index contributed by atoms with van der Waals surface area (Å²) in [6.45, 7) is 1.43. The van der Waals surface area contributed by atoms with Gasteiger partial charge in [0.05, 0.1) is 23.8 Å². The molecule has 2 aromatic carbocycles. The van der Waals surface area contributed by atoms with Gasteiger partial charge in [0, 0.05) is 36.6 Å². The average molecular weight is 470 g/mol. The van der Waals surface area contributed by atoms with E-state index in [2.05, 4.69) is 10.3 Å². The molecule has 1 aliphatic rings. The van der Waals surface area contributed by atoms with E-state index in [0.717, 1.165) is 16.5 Å². The Morgan fingerprint density at radius 2 is 1.82 bits per heavy atom. The van der Waals surface area contributed by atoms with Crippen molar-refractivity contribution in [3.63, 3.8) is 0 Å². The second-order valence-corrected chi connectivity index (χ2v) is 8.08. The Bertz CT molecular complexity index is 1160. The molecule has 9 heteroatoms. The number of aromatic nitrogens is 1. The van der Waals surface area contributed by atoms with E-state index in [-0.39, 0.29) is 22.9 Å². The van der Waals surface area contributed by atoms with Gasteiger partial charge in [-0.15, -0.1) is 0 Å². The molecule has 0 bridgehead atoms. The highest BCUT2D eigenvalue weighted by molar-refractivity contribution is 6.33. The molecule has 33 heavy (non-hydrogen) atoms. The molecular formula is C24H24ClN3O5. The molecule has 1 saturated heterocycles. The molecule has 172 valence electrons. The first-order valence-electron chi connectivity index (χ1n) is 10.7. The number of aromatic amines is 1. The van der Waals surface area contributed by atoms with Crippen molar-refractivity contribution in [2.45, 2.75) is 12.5 Å². The highest BCUT2D eigenvalue weighted by atomic mass is 35.5. The molecule has 2 heterocycles. The number of hydrogen-bond donors (Lipinski definition) is 2. The molecule has 0 unspecified atom stereocenters. The van der Waals surface area contributed by atoms with Crippen LogP contribution in [0.4, 0.5) is 0 Å². The molecule has 3 aromatic rings. The van der Waals surface area contributed by atoms with E-state index in [9.17, 15) is 14.4 Å². The lowest BCUT2D eigenvalue weighted by atomic mass is 10.0. The molecule has 1 atom stereocenters. The number of esters is 1. The lowest BCUT2D eigenvalue weighted by molar-refractivity contribution is -0.155. The summed E-state index contributed by atoms with van der Waals surface area (Å²) < 4.78 is 10.6. The van der Waals surface area contributed by atoms with Crippen LogP contribution in [0.3, 0.4) is 0 Å². The third-order valence-electron chi connectivity index (χ3n) is 5.51. The van der Waals surface area contributed by atoms with Gasteiger partial charge in [-0.25, -0.2) is 4.79 Å². The first-order chi connectivity index (χ1) is 16.0. The van der Waals surface area contributed by atoms with Crippen molar-refractivity contribution in [1.29, 1.82) is 0 Å². The van der Waals surface area contributed by atoms with E-state index in [1.165, 1.54) is 0 Å². The Morgan fingerprint density at radius 1 is 1.09 bits per heavy atom. The Balaban J connectivity index is 1.50. The highest BCUT2D eigenvalue weighted by Crippen LogP contribution is 2.20. The first-order valence-corrected chi connectivity index (χ1v) is 11.0. The van der Waals surface area contributed by atoms with Gasteiger partial charge >= 0.3 is 5.97 Å². The molecule has 4 rings (SSSR count).